The van der Waals surface area contributed by atoms with E-state index in [0.29, 0.717) is 37.5 Å². The topological polar surface area (TPSA) is 68.2 Å². The van der Waals surface area contributed by atoms with Crippen molar-refractivity contribution in [2.24, 2.45) is 0 Å². The Morgan fingerprint density at radius 2 is 1.86 bits per heavy atom. The van der Waals surface area contributed by atoms with Crippen LogP contribution in [0.5, 0.6) is 5.75 Å². The quantitative estimate of drug-likeness (QED) is 0.456. The number of rotatable bonds is 7. The summed E-state index contributed by atoms with van der Waals surface area (Å²) in [6.07, 6.45) is 0.517. The Labute approximate surface area is 211 Å². The highest BCUT2D eigenvalue weighted by Crippen LogP contribution is 2.34. The molecule has 5 nitrogen and oxygen atoms in total. The molecule has 2 aliphatic rings. The van der Waals surface area contributed by atoms with Gasteiger partial charge in [0.15, 0.2) is 0 Å². The molecule has 1 fully saturated rings. The largest absolute Gasteiger partial charge is 0.491 e. The normalized spacial score (nSPS) is 23.8. The molecule has 2 N–H and O–H groups in total. The van der Waals surface area contributed by atoms with Crippen LogP contribution in [0.2, 0.25) is 5.02 Å². The first-order valence-corrected chi connectivity index (χ1v) is 12.5. The molecule has 0 saturated carbocycles. The molecule has 0 spiro atoms. The summed E-state index contributed by atoms with van der Waals surface area (Å²) in [6.45, 7) is 3.11. The van der Waals surface area contributed by atoms with Gasteiger partial charge in [0.25, 0.3) is 0 Å². The van der Waals surface area contributed by atoms with Gasteiger partial charge in [-0.2, -0.15) is 0 Å². The van der Waals surface area contributed by atoms with Crippen LogP contribution in [-0.2, 0) is 22.5 Å². The molecule has 5 rings (SSSR count). The minimum Gasteiger partial charge on any atom is -0.491 e. The van der Waals surface area contributed by atoms with Crippen molar-refractivity contribution in [1.82, 2.24) is 0 Å². The van der Waals surface area contributed by atoms with E-state index in [9.17, 15) is 10.2 Å². The average molecular weight is 495 g/mol. The molecule has 35 heavy (non-hydrogen) atoms. The lowest BCUT2D eigenvalue weighted by Gasteiger charge is -2.32. The second-order valence-electron chi connectivity index (χ2n) is 9.54. The van der Waals surface area contributed by atoms with Gasteiger partial charge in [-0.3, -0.25) is 0 Å². The summed E-state index contributed by atoms with van der Waals surface area (Å²) in [5.41, 5.74) is 6.78. The Kier molecular flexibility index (Phi) is 7.42. The van der Waals surface area contributed by atoms with Crippen LogP contribution in [0.3, 0.4) is 0 Å². The van der Waals surface area contributed by atoms with Crippen molar-refractivity contribution in [2.75, 3.05) is 13.2 Å². The van der Waals surface area contributed by atoms with Crippen LogP contribution in [0.25, 0.3) is 0 Å². The van der Waals surface area contributed by atoms with Gasteiger partial charge >= 0.3 is 0 Å². The number of benzene rings is 3. The van der Waals surface area contributed by atoms with E-state index in [2.05, 4.69) is 25.1 Å². The fraction of sp³-hybridized carbons (Fsp3) is 0.379. The Morgan fingerprint density at radius 3 is 2.66 bits per heavy atom. The minimum atomic E-state index is -0.482. The Balaban J connectivity index is 1.22. The summed E-state index contributed by atoms with van der Waals surface area (Å²) in [6, 6.07) is 20.3. The monoisotopic (exact) mass is 494 g/mol. The second kappa shape index (κ2) is 10.7. The van der Waals surface area contributed by atoms with Gasteiger partial charge in [0, 0.05) is 17.9 Å². The van der Waals surface area contributed by atoms with Gasteiger partial charge in [-0.1, -0.05) is 59.6 Å². The molecule has 3 aromatic carbocycles. The number of fused-ring (bicyclic) bond motifs is 1. The average Bonchev–Trinajstić information content (AvgIpc) is 3.26. The maximum Gasteiger partial charge on any atom is 0.119 e. The molecule has 0 unspecified atom stereocenters. The fourth-order valence-corrected chi connectivity index (χ4v) is 5.12. The Bertz CT molecular complexity index is 1160. The van der Waals surface area contributed by atoms with Gasteiger partial charge in [0.2, 0.25) is 0 Å². The van der Waals surface area contributed by atoms with E-state index in [0.717, 1.165) is 22.4 Å². The summed E-state index contributed by atoms with van der Waals surface area (Å²) in [4.78, 5) is 0. The smallest absolute Gasteiger partial charge is 0.119 e. The minimum absolute atomic E-state index is 0.0437. The second-order valence-corrected chi connectivity index (χ2v) is 9.95. The van der Waals surface area contributed by atoms with Crippen molar-refractivity contribution in [3.8, 4) is 5.75 Å². The van der Waals surface area contributed by atoms with E-state index in [1.165, 1.54) is 16.7 Å². The third-order valence-corrected chi connectivity index (χ3v) is 7.20. The van der Waals surface area contributed by atoms with Crippen LogP contribution >= 0.6 is 11.6 Å². The maximum atomic E-state index is 10.2. The standard InChI is InChI=1S/C29H31ClO5/c1-18-2-8-26-22(10-18)16-34-29(26)17-33-24-6-3-19(4-7-24)11-21-12-20(5-9-27(21)30)28-14-23(32)13-25(15-31)35-28/h2-10,12,23,25,28-29,31-32H,11,13-17H2,1H3/t23-,25-,28+,29+/m0/s1. The molecule has 1 saturated heterocycles. The van der Waals surface area contributed by atoms with Crippen LogP contribution < -0.4 is 4.74 Å². The van der Waals surface area contributed by atoms with Gasteiger partial charge in [-0.25, -0.2) is 0 Å². The van der Waals surface area contributed by atoms with Crippen molar-refractivity contribution in [3.63, 3.8) is 0 Å². The highest BCUT2D eigenvalue weighted by atomic mass is 35.5. The highest BCUT2D eigenvalue weighted by molar-refractivity contribution is 6.31. The lowest BCUT2D eigenvalue weighted by Crippen LogP contribution is -2.33. The lowest BCUT2D eigenvalue weighted by molar-refractivity contribution is -0.113. The number of halogens is 1. The van der Waals surface area contributed by atoms with E-state index in [4.69, 9.17) is 25.8 Å². The van der Waals surface area contributed by atoms with Gasteiger partial charge in [0.1, 0.15) is 18.5 Å². The summed E-state index contributed by atoms with van der Waals surface area (Å²) >= 11 is 6.51. The molecule has 184 valence electrons. The van der Waals surface area contributed by atoms with Gasteiger partial charge in [-0.15, -0.1) is 0 Å². The van der Waals surface area contributed by atoms with Crippen molar-refractivity contribution in [1.29, 1.82) is 0 Å². The first kappa shape index (κ1) is 24.3. The molecular formula is C29H31ClO5. The van der Waals surface area contributed by atoms with E-state index >= 15 is 0 Å². The number of ether oxygens (including phenoxy) is 3. The summed E-state index contributed by atoms with van der Waals surface area (Å²) in [5.74, 6) is 0.803. The van der Waals surface area contributed by atoms with Crippen molar-refractivity contribution < 1.29 is 24.4 Å². The molecule has 0 radical (unpaired) electrons. The van der Waals surface area contributed by atoms with Crippen LogP contribution in [0.15, 0.2) is 60.7 Å². The molecular weight excluding hydrogens is 464 g/mol. The zero-order valence-corrected chi connectivity index (χ0v) is 20.6. The molecule has 2 aliphatic heterocycles. The SMILES string of the molecule is Cc1ccc2c(c1)CO[C@@H]2COc1ccc(Cc2cc([C@H]3C[C@@H](O)C[C@@H](CO)O3)ccc2Cl)cc1. The summed E-state index contributed by atoms with van der Waals surface area (Å²) < 4.78 is 17.9. The summed E-state index contributed by atoms with van der Waals surface area (Å²) in [5, 5.41) is 20.3. The van der Waals surface area contributed by atoms with Crippen molar-refractivity contribution >= 4 is 11.6 Å². The molecule has 6 heteroatoms. The van der Waals surface area contributed by atoms with Crippen LogP contribution in [0.1, 0.15) is 58.4 Å². The molecule has 0 aromatic heterocycles. The first-order chi connectivity index (χ1) is 17.0. The van der Waals surface area contributed by atoms with E-state index in [1.54, 1.807) is 0 Å². The number of aliphatic hydroxyl groups excluding tert-OH is 2. The van der Waals surface area contributed by atoms with Crippen molar-refractivity contribution in [2.45, 2.75) is 57.2 Å². The van der Waals surface area contributed by atoms with Crippen molar-refractivity contribution in [3.05, 3.63) is 99.1 Å². The van der Waals surface area contributed by atoms with Gasteiger partial charge < -0.3 is 24.4 Å². The predicted molar refractivity (Wildman–Crippen MR) is 135 cm³/mol. The zero-order valence-electron chi connectivity index (χ0n) is 19.8. The Morgan fingerprint density at radius 1 is 1.03 bits per heavy atom. The number of hydrogen-bond donors (Lipinski definition) is 2. The molecule has 0 bridgehead atoms. The number of aryl methyl sites for hydroxylation is 1. The van der Waals surface area contributed by atoms with Gasteiger partial charge in [0.05, 0.1) is 31.5 Å². The number of aliphatic hydroxyl groups is 2. The van der Waals surface area contributed by atoms with Gasteiger partial charge in [-0.05, 0) is 59.4 Å². The third-order valence-electron chi connectivity index (χ3n) is 6.83. The third kappa shape index (κ3) is 5.71. The molecule has 4 atom stereocenters. The summed E-state index contributed by atoms with van der Waals surface area (Å²) in [7, 11) is 0. The molecule has 0 aliphatic carbocycles. The van der Waals surface area contributed by atoms with E-state index < -0.39 is 6.10 Å². The van der Waals surface area contributed by atoms with E-state index in [1.807, 2.05) is 42.5 Å². The predicted octanol–water partition coefficient (Wildman–Crippen LogP) is 5.46. The molecule has 2 heterocycles. The fourth-order valence-electron chi connectivity index (χ4n) is 4.94. The van der Waals surface area contributed by atoms with E-state index in [-0.39, 0.29) is 24.9 Å². The van der Waals surface area contributed by atoms with Crippen LogP contribution in [0.4, 0.5) is 0 Å². The molecule has 0 amide bonds. The highest BCUT2D eigenvalue weighted by Gasteiger charge is 2.29. The van der Waals surface area contributed by atoms with Crippen LogP contribution in [-0.4, -0.2) is 35.6 Å². The first-order valence-electron chi connectivity index (χ1n) is 12.1. The lowest BCUT2D eigenvalue weighted by atomic mass is 9.94. The molecule has 3 aromatic rings. The van der Waals surface area contributed by atoms with Crippen LogP contribution in [0, 0.1) is 6.92 Å². The zero-order chi connectivity index (χ0) is 24.4. The maximum absolute atomic E-state index is 10.2. The number of hydrogen-bond acceptors (Lipinski definition) is 5. The Hall–Kier alpha value is -2.41.